The van der Waals surface area contributed by atoms with Gasteiger partial charge in [-0.25, -0.2) is 0 Å². The summed E-state index contributed by atoms with van der Waals surface area (Å²) in [6.45, 7) is 4.09. The Kier molecular flexibility index (Phi) is 3.44. The molecule has 1 N–H and O–H groups in total. The van der Waals surface area contributed by atoms with Gasteiger partial charge >= 0.3 is 0 Å². The molecule has 90 valence electrons. The highest BCUT2D eigenvalue weighted by Crippen LogP contribution is 2.26. The van der Waals surface area contributed by atoms with Crippen molar-refractivity contribution in [3.63, 3.8) is 0 Å². The lowest BCUT2D eigenvalue weighted by Crippen LogP contribution is -2.00. The molecule has 0 saturated heterocycles. The third kappa shape index (κ3) is 2.85. The molecule has 0 saturated carbocycles. The van der Waals surface area contributed by atoms with Gasteiger partial charge in [-0.05, 0) is 26.0 Å². The standard InChI is InChI=1S/C13H15NO3/c1-9-3-4-13(12(5-9)10(2)15)16-7-11-6-14-17-8-11/h3-6,8,10,15H,7H2,1-2H3. The Labute approximate surface area is 99.8 Å². The molecule has 4 nitrogen and oxygen atoms in total. The summed E-state index contributed by atoms with van der Waals surface area (Å²) in [6, 6.07) is 5.74. The highest BCUT2D eigenvalue weighted by molar-refractivity contribution is 5.38. The van der Waals surface area contributed by atoms with Crippen LogP contribution in [0.3, 0.4) is 0 Å². The van der Waals surface area contributed by atoms with Crippen LogP contribution in [0.5, 0.6) is 5.75 Å². The largest absolute Gasteiger partial charge is 0.488 e. The maximum Gasteiger partial charge on any atom is 0.130 e. The molecule has 1 aromatic carbocycles. The van der Waals surface area contributed by atoms with Gasteiger partial charge < -0.3 is 14.4 Å². The average Bonchev–Trinajstić information content (AvgIpc) is 2.80. The minimum atomic E-state index is -0.549. The number of aliphatic hydroxyl groups excluding tert-OH is 1. The number of nitrogens with zero attached hydrogens (tertiary/aromatic N) is 1. The molecule has 0 amide bonds. The molecule has 0 spiro atoms. The number of ether oxygens (including phenoxy) is 1. The van der Waals surface area contributed by atoms with Gasteiger partial charge in [0.25, 0.3) is 0 Å². The van der Waals surface area contributed by atoms with E-state index in [0.29, 0.717) is 12.4 Å². The zero-order valence-corrected chi connectivity index (χ0v) is 9.88. The van der Waals surface area contributed by atoms with Crippen LogP contribution in [0.2, 0.25) is 0 Å². The fourth-order valence-electron chi connectivity index (χ4n) is 1.58. The zero-order valence-electron chi connectivity index (χ0n) is 9.88. The fourth-order valence-corrected chi connectivity index (χ4v) is 1.58. The van der Waals surface area contributed by atoms with E-state index >= 15 is 0 Å². The molecule has 0 aliphatic carbocycles. The Morgan fingerprint density at radius 1 is 1.47 bits per heavy atom. The molecule has 1 aromatic heterocycles. The van der Waals surface area contributed by atoms with Gasteiger partial charge in [-0.15, -0.1) is 0 Å². The van der Waals surface area contributed by atoms with Gasteiger partial charge in [-0.1, -0.05) is 16.8 Å². The van der Waals surface area contributed by atoms with Gasteiger partial charge in [0.05, 0.1) is 12.3 Å². The van der Waals surface area contributed by atoms with E-state index in [1.165, 1.54) is 6.26 Å². The summed E-state index contributed by atoms with van der Waals surface area (Å²) in [7, 11) is 0. The SMILES string of the molecule is Cc1ccc(OCc2cnoc2)c(C(C)O)c1. The van der Waals surface area contributed by atoms with Crippen LogP contribution in [-0.4, -0.2) is 10.3 Å². The Balaban J connectivity index is 2.14. The number of aryl methyl sites for hydroxylation is 1. The average molecular weight is 233 g/mol. The summed E-state index contributed by atoms with van der Waals surface area (Å²) in [5.74, 6) is 0.687. The van der Waals surface area contributed by atoms with Gasteiger partial charge in [0.15, 0.2) is 0 Å². The molecule has 0 aliphatic heterocycles. The van der Waals surface area contributed by atoms with Crippen LogP contribution in [0.15, 0.2) is 35.2 Å². The van der Waals surface area contributed by atoms with Crippen LogP contribution >= 0.6 is 0 Å². The lowest BCUT2D eigenvalue weighted by molar-refractivity contribution is 0.190. The number of aliphatic hydroxyl groups is 1. The van der Waals surface area contributed by atoms with Crippen LogP contribution in [0, 0.1) is 6.92 Å². The molecule has 1 unspecified atom stereocenters. The van der Waals surface area contributed by atoms with Gasteiger partial charge in [0.2, 0.25) is 0 Å². The topological polar surface area (TPSA) is 55.5 Å². The lowest BCUT2D eigenvalue weighted by Gasteiger charge is -2.13. The molecule has 1 atom stereocenters. The Morgan fingerprint density at radius 2 is 2.29 bits per heavy atom. The van der Waals surface area contributed by atoms with Crippen molar-refractivity contribution in [2.45, 2.75) is 26.6 Å². The van der Waals surface area contributed by atoms with E-state index in [9.17, 15) is 5.11 Å². The summed E-state index contributed by atoms with van der Waals surface area (Å²) >= 11 is 0. The molecule has 17 heavy (non-hydrogen) atoms. The summed E-state index contributed by atoms with van der Waals surface area (Å²) in [5.41, 5.74) is 2.75. The first-order valence-electron chi connectivity index (χ1n) is 5.46. The second-order valence-corrected chi connectivity index (χ2v) is 4.04. The van der Waals surface area contributed by atoms with Gasteiger partial charge in [-0.3, -0.25) is 0 Å². The molecular formula is C13H15NO3. The molecule has 2 rings (SSSR count). The maximum absolute atomic E-state index is 9.68. The second kappa shape index (κ2) is 5.01. The normalized spacial score (nSPS) is 12.4. The third-order valence-corrected chi connectivity index (χ3v) is 2.49. The van der Waals surface area contributed by atoms with Crippen molar-refractivity contribution in [1.82, 2.24) is 5.16 Å². The molecule has 2 aromatic rings. The Hall–Kier alpha value is -1.81. The summed E-state index contributed by atoms with van der Waals surface area (Å²) in [5, 5.41) is 13.3. The van der Waals surface area contributed by atoms with Crippen molar-refractivity contribution in [3.8, 4) is 5.75 Å². The van der Waals surface area contributed by atoms with Crippen molar-refractivity contribution in [3.05, 3.63) is 47.3 Å². The fraction of sp³-hybridized carbons (Fsp3) is 0.308. The first kappa shape index (κ1) is 11.7. The molecule has 1 heterocycles. The van der Waals surface area contributed by atoms with Gasteiger partial charge in [0, 0.05) is 11.1 Å². The first-order chi connectivity index (χ1) is 8.16. The van der Waals surface area contributed by atoms with Crippen molar-refractivity contribution in [1.29, 1.82) is 0 Å². The smallest absolute Gasteiger partial charge is 0.130 e. The summed E-state index contributed by atoms with van der Waals surface area (Å²) in [4.78, 5) is 0. The quantitative estimate of drug-likeness (QED) is 0.881. The van der Waals surface area contributed by atoms with Crippen LogP contribution < -0.4 is 4.74 Å². The van der Waals surface area contributed by atoms with Crippen molar-refractivity contribution < 1.29 is 14.4 Å². The molecule has 0 aliphatic rings. The van der Waals surface area contributed by atoms with Crippen LogP contribution in [0.4, 0.5) is 0 Å². The molecule has 0 fully saturated rings. The number of benzene rings is 1. The molecular weight excluding hydrogens is 218 g/mol. The maximum atomic E-state index is 9.68. The van der Waals surface area contributed by atoms with Gasteiger partial charge in [0.1, 0.15) is 18.6 Å². The minimum Gasteiger partial charge on any atom is -0.488 e. The monoisotopic (exact) mass is 233 g/mol. The lowest BCUT2D eigenvalue weighted by atomic mass is 10.1. The van der Waals surface area contributed by atoms with Crippen molar-refractivity contribution >= 4 is 0 Å². The molecule has 0 bridgehead atoms. The zero-order chi connectivity index (χ0) is 12.3. The number of hydrogen-bond donors (Lipinski definition) is 1. The van der Waals surface area contributed by atoms with Crippen molar-refractivity contribution in [2.75, 3.05) is 0 Å². The first-order valence-corrected chi connectivity index (χ1v) is 5.46. The van der Waals surface area contributed by atoms with Gasteiger partial charge in [-0.2, -0.15) is 0 Å². The minimum absolute atomic E-state index is 0.381. The predicted molar refractivity (Wildman–Crippen MR) is 62.6 cm³/mol. The van der Waals surface area contributed by atoms with Crippen LogP contribution in [0.1, 0.15) is 29.7 Å². The van der Waals surface area contributed by atoms with Crippen LogP contribution in [-0.2, 0) is 6.61 Å². The highest BCUT2D eigenvalue weighted by Gasteiger charge is 2.09. The summed E-state index contributed by atoms with van der Waals surface area (Å²) in [6.07, 6.45) is 2.60. The van der Waals surface area contributed by atoms with E-state index in [1.54, 1.807) is 13.1 Å². The van der Waals surface area contributed by atoms with E-state index in [2.05, 4.69) is 5.16 Å². The predicted octanol–water partition coefficient (Wildman–Crippen LogP) is 2.62. The van der Waals surface area contributed by atoms with E-state index in [4.69, 9.17) is 9.26 Å². The van der Waals surface area contributed by atoms with Crippen LogP contribution in [0.25, 0.3) is 0 Å². The number of aromatic nitrogens is 1. The number of hydrogen-bond acceptors (Lipinski definition) is 4. The van der Waals surface area contributed by atoms with Crippen molar-refractivity contribution in [2.24, 2.45) is 0 Å². The van der Waals surface area contributed by atoms with E-state index in [1.807, 2.05) is 25.1 Å². The second-order valence-electron chi connectivity index (χ2n) is 4.04. The van der Waals surface area contributed by atoms with E-state index < -0.39 is 6.10 Å². The third-order valence-electron chi connectivity index (χ3n) is 2.49. The van der Waals surface area contributed by atoms with E-state index in [0.717, 1.165) is 16.7 Å². The van der Waals surface area contributed by atoms with E-state index in [-0.39, 0.29) is 0 Å². The molecule has 0 radical (unpaired) electrons. The highest BCUT2D eigenvalue weighted by atomic mass is 16.5. The Morgan fingerprint density at radius 3 is 2.94 bits per heavy atom. The number of rotatable bonds is 4. The summed E-state index contributed by atoms with van der Waals surface area (Å²) < 4.78 is 10.4. The molecule has 4 heteroatoms. The Bertz CT molecular complexity index is 477.